The first-order valence-electron chi connectivity index (χ1n) is 7.00. The molecule has 2 rings (SSSR count). The average molecular weight is 333 g/mol. The molecule has 22 heavy (non-hydrogen) atoms. The molecule has 0 N–H and O–H groups in total. The summed E-state index contributed by atoms with van der Waals surface area (Å²) in [6.07, 6.45) is 0.857. The van der Waals surface area contributed by atoms with Gasteiger partial charge < -0.3 is 4.74 Å². The van der Waals surface area contributed by atoms with E-state index < -0.39 is 0 Å². The number of aromatic nitrogens is 1. The second-order valence-electron chi connectivity index (χ2n) is 4.85. The van der Waals surface area contributed by atoms with E-state index in [0.29, 0.717) is 22.9 Å². The number of hydrogen-bond donors (Lipinski definition) is 0. The lowest BCUT2D eigenvalue weighted by atomic mass is 10.1. The molecule has 0 saturated carbocycles. The van der Waals surface area contributed by atoms with E-state index >= 15 is 0 Å². The molecule has 0 aliphatic rings. The Labute approximate surface area is 140 Å². The van der Waals surface area contributed by atoms with Crippen LogP contribution in [0.5, 0.6) is 5.75 Å². The standard InChI is InChI=1S/C17H17ClN2OS/c1-12-10-13(2)20-17(14(12)11-19)22-9-5-8-21-16-7-4-3-6-15(16)18/h3-4,6-7,10H,5,8-9H2,1-2H3. The van der Waals surface area contributed by atoms with E-state index in [1.165, 1.54) is 0 Å². The molecule has 1 aromatic heterocycles. The number of hydrogen-bond acceptors (Lipinski definition) is 4. The SMILES string of the molecule is Cc1cc(C)c(C#N)c(SCCCOc2ccccc2Cl)n1. The first-order valence-corrected chi connectivity index (χ1v) is 8.36. The predicted octanol–water partition coefficient (Wildman–Crippen LogP) is 4.78. The lowest BCUT2D eigenvalue weighted by Crippen LogP contribution is -2.00. The topological polar surface area (TPSA) is 45.9 Å². The molecule has 0 bridgehead atoms. The third kappa shape index (κ3) is 4.40. The molecule has 0 saturated heterocycles. The van der Waals surface area contributed by atoms with Gasteiger partial charge in [0.05, 0.1) is 17.2 Å². The summed E-state index contributed by atoms with van der Waals surface area (Å²) >= 11 is 7.62. The summed E-state index contributed by atoms with van der Waals surface area (Å²) in [5, 5.41) is 10.7. The molecule has 5 heteroatoms. The highest BCUT2D eigenvalue weighted by molar-refractivity contribution is 7.99. The number of thioether (sulfide) groups is 1. The van der Waals surface area contributed by atoms with Crippen molar-refractivity contribution in [1.82, 2.24) is 4.98 Å². The van der Waals surface area contributed by atoms with Crippen LogP contribution in [-0.2, 0) is 0 Å². The summed E-state index contributed by atoms with van der Waals surface area (Å²) in [6.45, 7) is 4.47. The minimum Gasteiger partial charge on any atom is -0.492 e. The van der Waals surface area contributed by atoms with Gasteiger partial charge in [0.1, 0.15) is 16.8 Å². The van der Waals surface area contributed by atoms with E-state index in [1.54, 1.807) is 11.8 Å². The lowest BCUT2D eigenvalue weighted by molar-refractivity contribution is 0.319. The number of ether oxygens (including phenoxy) is 1. The number of para-hydroxylation sites is 1. The molecule has 0 aliphatic carbocycles. The van der Waals surface area contributed by atoms with Crippen molar-refractivity contribution in [3.8, 4) is 11.8 Å². The molecule has 1 heterocycles. The molecule has 3 nitrogen and oxygen atoms in total. The molecule has 1 aromatic carbocycles. The first-order chi connectivity index (χ1) is 10.6. The van der Waals surface area contributed by atoms with Crippen molar-refractivity contribution >= 4 is 23.4 Å². The smallest absolute Gasteiger partial charge is 0.137 e. The highest BCUT2D eigenvalue weighted by atomic mass is 35.5. The maximum Gasteiger partial charge on any atom is 0.137 e. The Bertz CT molecular complexity index is 698. The predicted molar refractivity (Wildman–Crippen MR) is 90.7 cm³/mol. The van der Waals surface area contributed by atoms with Crippen LogP contribution in [0.15, 0.2) is 35.4 Å². The number of pyridine rings is 1. The van der Waals surface area contributed by atoms with E-state index in [-0.39, 0.29) is 0 Å². The Morgan fingerprint density at radius 3 is 2.82 bits per heavy atom. The molecular weight excluding hydrogens is 316 g/mol. The maximum absolute atomic E-state index is 9.23. The van der Waals surface area contributed by atoms with Crippen LogP contribution in [-0.4, -0.2) is 17.3 Å². The monoisotopic (exact) mass is 332 g/mol. The van der Waals surface area contributed by atoms with Crippen molar-refractivity contribution in [2.24, 2.45) is 0 Å². The Balaban J connectivity index is 1.85. The zero-order chi connectivity index (χ0) is 15.9. The second kappa shape index (κ2) is 8.07. The quantitative estimate of drug-likeness (QED) is 0.564. The van der Waals surface area contributed by atoms with E-state index in [9.17, 15) is 5.26 Å². The van der Waals surface area contributed by atoms with Crippen LogP contribution in [0.3, 0.4) is 0 Å². The molecule has 0 radical (unpaired) electrons. The third-order valence-electron chi connectivity index (χ3n) is 3.04. The lowest BCUT2D eigenvalue weighted by Gasteiger charge is -2.09. The number of halogens is 1. The Morgan fingerprint density at radius 1 is 1.32 bits per heavy atom. The van der Waals surface area contributed by atoms with Gasteiger partial charge in [0.25, 0.3) is 0 Å². The third-order valence-corrected chi connectivity index (χ3v) is 4.42. The summed E-state index contributed by atoms with van der Waals surface area (Å²) in [5.74, 6) is 1.55. The van der Waals surface area contributed by atoms with Crippen LogP contribution in [0, 0.1) is 25.2 Å². The molecule has 0 unspecified atom stereocenters. The van der Waals surface area contributed by atoms with E-state index in [4.69, 9.17) is 16.3 Å². The molecule has 2 aromatic rings. The fraction of sp³-hybridized carbons (Fsp3) is 0.294. The number of benzene rings is 1. The maximum atomic E-state index is 9.23. The van der Waals surface area contributed by atoms with Gasteiger partial charge in [0.2, 0.25) is 0 Å². The number of rotatable bonds is 6. The number of nitrogens with zero attached hydrogens (tertiary/aromatic N) is 2. The summed E-state index contributed by atoms with van der Waals surface area (Å²) in [4.78, 5) is 4.45. The fourth-order valence-corrected chi connectivity index (χ4v) is 3.22. The number of aryl methyl sites for hydroxylation is 2. The molecular formula is C17H17ClN2OS. The highest BCUT2D eigenvalue weighted by Gasteiger charge is 2.09. The Hall–Kier alpha value is -1.70. The van der Waals surface area contributed by atoms with Gasteiger partial charge in [-0.3, -0.25) is 0 Å². The fourth-order valence-electron chi connectivity index (χ4n) is 2.01. The van der Waals surface area contributed by atoms with Crippen LogP contribution < -0.4 is 4.74 Å². The van der Waals surface area contributed by atoms with Crippen molar-refractivity contribution in [2.45, 2.75) is 25.3 Å². The summed E-state index contributed by atoms with van der Waals surface area (Å²) < 4.78 is 5.65. The first kappa shape index (κ1) is 16.7. The van der Waals surface area contributed by atoms with E-state index in [2.05, 4.69) is 11.1 Å². The van der Waals surface area contributed by atoms with Crippen LogP contribution >= 0.6 is 23.4 Å². The van der Waals surface area contributed by atoms with Crippen molar-refractivity contribution in [3.05, 3.63) is 52.2 Å². The van der Waals surface area contributed by atoms with Crippen LogP contribution in [0.25, 0.3) is 0 Å². The van der Waals surface area contributed by atoms with Crippen LogP contribution in [0.4, 0.5) is 0 Å². The van der Waals surface area contributed by atoms with Crippen LogP contribution in [0.1, 0.15) is 23.2 Å². The van der Waals surface area contributed by atoms with Crippen molar-refractivity contribution in [1.29, 1.82) is 5.26 Å². The molecule has 0 atom stereocenters. The van der Waals surface area contributed by atoms with E-state index in [0.717, 1.165) is 28.5 Å². The summed E-state index contributed by atoms with van der Waals surface area (Å²) in [6, 6.07) is 11.6. The van der Waals surface area contributed by atoms with Gasteiger partial charge in [0, 0.05) is 11.4 Å². The molecule has 0 aliphatic heterocycles. The van der Waals surface area contributed by atoms with Crippen LogP contribution in [0.2, 0.25) is 5.02 Å². The van der Waals surface area contributed by atoms with Gasteiger partial charge in [-0.2, -0.15) is 5.26 Å². The van der Waals surface area contributed by atoms with Gasteiger partial charge in [-0.1, -0.05) is 23.7 Å². The molecule has 0 amide bonds. The van der Waals surface area contributed by atoms with Gasteiger partial charge in [-0.05, 0) is 44.0 Å². The second-order valence-corrected chi connectivity index (χ2v) is 6.34. The van der Waals surface area contributed by atoms with Gasteiger partial charge >= 0.3 is 0 Å². The number of nitriles is 1. The highest BCUT2D eigenvalue weighted by Crippen LogP contribution is 2.25. The minimum absolute atomic E-state index is 0.587. The van der Waals surface area contributed by atoms with Crippen molar-refractivity contribution in [3.63, 3.8) is 0 Å². The average Bonchev–Trinajstić information content (AvgIpc) is 2.48. The normalized spacial score (nSPS) is 10.3. The zero-order valence-electron chi connectivity index (χ0n) is 12.6. The molecule has 114 valence electrons. The molecule has 0 fully saturated rings. The Kier molecular flexibility index (Phi) is 6.11. The summed E-state index contributed by atoms with van der Waals surface area (Å²) in [7, 11) is 0. The minimum atomic E-state index is 0.587. The van der Waals surface area contributed by atoms with Gasteiger partial charge in [0.15, 0.2) is 0 Å². The van der Waals surface area contributed by atoms with Crippen molar-refractivity contribution < 1.29 is 4.74 Å². The Morgan fingerprint density at radius 2 is 2.09 bits per heavy atom. The van der Waals surface area contributed by atoms with Crippen molar-refractivity contribution in [2.75, 3.05) is 12.4 Å². The van der Waals surface area contributed by atoms with E-state index in [1.807, 2.05) is 44.2 Å². The van der Waals surface area contributed by atoms with Gasteiger partial charge in [-0.15, -0.1) is 11.8 Å². The zero-order valence-corrected chi connectivity index (χ0v) is 14.2. The van der Waals surface area contributed by atoms with Gasteiger partial charge in [-0.25, -0.2) is 4.98 Å². The molecule has 0 spiro atoms. The largest absolute Gasteiger partial charge is 0.492 e. The summed E-state index contributed by atoms with van der Waals surface area (Å²) in [5.41, 5.74) is 2.58.